The van der Waals surface area contributed by atoms with Crippen molar-refractivity contribution in [3.8, 4) is 0 Å². The predicted molar refractivity (Wildman–Crippen MR) is 103 cm³/mol. The minimum Gasteiger partial charge on any atom is -0.271 e. The van der Waals surface area contributed by atoms with Crippen LogP contribution in [0.15, 0.2) is 53.6 Å². The number of amides is 1. The number of carbonyl (C=O) groups excluding carboxylic acids is 1. The highest BCUT2D eigenvalue weighted by molar-refractivity contribution is 6.18. The lowest BCUT2D eigenvalue weighted by molar-refractivity contribution is -0.394. The van der Waals surface area contributed by atoms with Gasteiger partial charge < -0.3 is 0 Å². The minimum absolute atomic E-state index is 0.208. The molecule has 0 aliphatic carbocycles. The zero-order valence-electron chi connectivity index (χ0n) is 15.4. The van der Waals surface area contributed by atoms with E-state index in [0.717, 1.165) is 6.07 Å². The molecular weight excluding hydrogens is 364 g/mol. The number of hydrogen-bond donors (Lipinski definition) is 0. The summed E-state index contributed by atoms with van der Waals surface area (Å²) in [6.45, 7) is 3.51. The quantitative estimate of drug-likeness (QED) is 0.555. The number of nitrogens with zero attached hydrogens (tertiary/aromatic N) is 4. The average molecular weight is 382 g/mol. The van der Waals surface area contributed by atoms with Crippen molar-refractivity contribution >= 4 is 28.7 Å². The van der Waals surface area contributed by atoms with Gasteiger partial charge >= 0.3 is 0 Å². The Hall–Kier alpha value is -3.62. The number of carbonyl (C=O) groups is 1. The molecule has 0 spiro atoms. The van der Waals surface area contributed by atoms with Crippen LogP contribution < -0.4 is 5.01 Å². The lowest BCUT2D eigenvalue weighted by atomic mass is 9.80. The smallest absolute Gasteiger partial charge is 0.271 e. The summed E-state index contributed by atoms with van der Waals surface area (Å²) >= 11 is 0. The van der Waals surface area contributed by atoms with E-state index in [0.29, 0.717) is 23.4 Å². The molecule has 28 heavy (non-hydrogen) atoms. The second-order valence-corrected chi connectivity index (χ2v) is 6.80. The third-order valence-corrected chi connectivity index (χ3v) is 5.08. The van der Waals surface area contributed by atoms with Crippen LogP contribution in [0.25, 0.3) is 0 Å². The Morgan fingerprint density at radius 3 is 2.36 bits per heavy atom. The molecule has 1 aliphatic heterocycles. The normalized spacial score (nSPS) is 18.9. The Bertz CT molecular complexity index is 989. The molecule has 0 N–H and O–H groups in total. The first kappa shape index (κ1) is 19.2. The molecule has 0 unspecified atom stereocenters. The first-order chi connectivity index (χ1) is 13.2. The fraction of sp³-hybridized carbons (Fsp3) is 0.263. The lowest BCUT2D eigenvalue weighted by Crippen LogP contribution is -2.37. The minimum atomic E-state index is -0.911. The summed E-state index contributed by atoms with van der Waals surface area (Å²) in [6.07, 6.45) is 0.509. The second-order valence-electron chi connectivity index (χ2n) is 6.80. The van der Waals surface area contributed by atoms with Gasteiger partial charge in [0.15, 0.2) is 0 Å². The number of benzene rings is 2. The summed E-state index contributed by atoms with van der Waals surface area (Å²) in [5.41, 5.74) is 0.0358. The maximum Gasteiger partial charge on any atom is 0.279 e. The van der Waals surface area contributed by atoms with Crippen LogP contribution in [0.2, 0.25) is 0 Å². The molecule has 9 nitrogen and oxygen atoms in total. The van der Waals surface area contributed by atoms with E-state index in [1.165, 1.54) is 17.1 Å². The monoisotopic (exact) mass is 382 g/mol. The Morgan fingerprint density at radius 1 is 1.07 bits per heavy atom. The largest absolute Gasteiger partial charge is 0.279 e. The standard InChI is InChI=1S/C19H18N4O5/c1-13-19(2,18(24)21(20-13)15-6-4-3-5-7-15)11-10-14-8-9-16(22(25)26)12-17(14)23(27)28/h3-9,12H,10-11H2,1-2H3/t19-/m1/s1. The number of hydrazone groups is 1. The topological polar surface area (TPSA) is 119 Å². The van der Waals surface area contributed by atoms with Gasteiger partial charge in [-0.05, 0) is 44.9 Å². The van der Waals surface area contributed by atoms with Crippen LogP contribution in [0.3, 0.4) is 0 Å². The molecule has 1 amide bonds. The summed E-state index contributed by atoms with van der Waals surface area (Å²) in [4.78, 5) is 33.9. The van der Waals surface area contributed by atoms with Gasteiger partial charge in [-0.1, -0.05) is 18.2 Å². The molecule has 2 aromatic rings. The first-order valence-corrected chi connectivity index (χ1v) is 8.61. The highest BCUT2D eigenvalue weighted by Crippen LogP contribution is 2.37. The highest BCUT2D eigenvalue weighted by atomic mass is 16.6. The number of aryl methyl sites for hydroxylation is 1. The van der Waals surface area contributed by atoms with E-state index in [9.17, 15) is 25.0 Å². The van der Waals surface area contributed by atoms with Crippen LogP contribution in [0.1, 0.15) is 25.8 Å². The third-order valence-electron chi connectivity index (χ3n) is 5.08. The summed E-state index contributed by atoms with van der Waals surface area (Å²) < 4.78 is 0. The van der Waals surface area contributed by atoms with Crippen LogP contribution in [0, 0.1) is 25.6 Å². The third kappa shape index (κ3) is 3.34. The molecule has 1 aliphatic rings. The fourth-order valence-corrected chi connectivity index (χ4v) is 3.16. The molecule has 1 heterocycles. The molecule has 0 bridgehead atoms. The molecule has 0 aromatic heterocycles. The van der Waals surface area contributed by atoms with E-state index >= 15 is 0 Å². The molecule has 3 rings (SSSR count). The van der Waals surface area contributed by atoms with Crippen molar-refractivity contribution in [2.45, 2.75) is 26.7 Å². The van der Waals surface area contributed by atoms with Gasteiger partial charge in [-0.2, -0.15) is 5.10 Å². The molecule has 0 saturated carbocycles. The van der Waals surface area contributed by atoms with E-state index in [2.05, 4.69) is 5.10 Å². The van der Waals surface area contributed by atoms with Crippen LogP contribution in [0.5, 0.6) is 0 Å². The molecule has 9 heteroatoms. The SMILES string of the molecule is CC1=NN(c2ccccc2)C(=O)[C@]1(C)CCc1ccc([N+](=O)[O-])cc1[N+](=O)[O-]. The van der Waals surface area contributed by atoms with Gasteiger partial charge in [0.25, 0.3) is 17.3 Å². The Balaban J connectivity index is 1.85. The van der Waals surface area contributed by atoms with Crippen molar-refractivity contribution in [2.75, 3.05) is 5.01 Å². The number of rotatable bonds is 6. The van der Waals surface area contributed by atoms with E-state index in [1.54, 1.807) is 26.0 Å². The van der Waals surface area contributed by atoms with E-state index in [4.69, 9.17) is 0 Å². The molecule has 1 atom stereocenters. The van der Waals surface area contributed by atoms with Crippen LogP contribution >= 0.6 is 0 Å². The number of para-hydroxylation sites is 1. The van der Waals surface area contributed by atoms with Crippen molar-refractivity contribution in [3.05, 3.63) is 74.3 Å². The number of hydrogen-bond acceptors (Lipinski definition) is 6. The van der Waals surface area contributed by atoms with Crippen molar-refractivity contribution in [1.82, 2.24) is 0 Å². The van der Waals surface area contributed by atoms with E-state index in [1.807, 2.05) is 18.2 Å². The molecule has 144 valence electrons. The van der Waals surface area contributed by atoms with Crippen molar-refractivity contribution in [3.63, 3.8) is 0 Å². The predicted octanol–water partition coefficient (Wildman–Crippen LogP) is 3.86. The van der Waals surface area contributed by atoms with Crippen molar-refractivity contribution in [2.24, 2.45) is 10.5 Å². The maximum absolute atomic E-state index is 13.0. The van der Waals surface area contributed by atoms with Gasteiger partial charge in [-0.3, -0.25) is 25.0 Å². The second kappa shape index (κ2) is 7.18. The van der Waals surface area contributed by atoms with Crippen molar-refractivity contribution < 1.29 is 14.6 Å². The number of non-ortho nitro benzene ring substituents is 1. The van der Waals surface area contributed by atoms with Crippen LogP contribution in [-0.4, -0.2) is 21.5 Å². The van der Waals surface area contributed by atoms with Crippen molar-refractivity contribution in [1.29, 1.82) is 0 Å². The molecule has 0 fully saturated rings. The van der Waals surface area contributed by atoms with E-state index in [-0.39, 0.29) is 23.7 Å². The lowest BCUT2D eigenvalue weighted by Gasteiger charge is -2.23. The number of nitro benzene ring substituents is 2. The average Bonchev–Trinajstić information content (AvgIpc) is 2.91. The highest BCUT2D eigenvalue weighted by Gasteiger charge is 2.45. The van der Waals surface area contributed by atoms with Crippen LogP contribution in [0.4, 0.5) is 17.1 Å². The first-order valence-electron chi connectivity index (χ1n) is 8.61. The van der Waals surface area contributed by atoms with E-state index < -0.39 is 15.3 Å². The summed E-state index contributed by atoms with van der Waals surface area (Å²) in [7, 11) is 0. The Kier molecular flexibility index (Phi) is 4.91. The fourth-order valence-electron chi connectivity index (χ4n) is 3.16. The summed E-state index contributed by atoms with van der Waals surface area (Å²) in [5, 5.41) is 27.9. The molecule has 0 radical (unpaired) electrons. The number of anilines is 1. The zero-order chi connectivity index (χ0) is 20.5. The Morgan fingerprint density at radius 2 is 1.75 bits per heavy atom. The van der Waals surface area contributed by atoms with Crippen LogP contribution in [-0.2, 0) is 11.2 Å². The zero-order valence-corrected chi connectivity index (χ0v) is 15.4. The number of nitro groups is 2. The van der Waals surface area contributed by atoms with Gasteiger partial charge in [0.05, 0.1) is 32.7 Å². The molecule has 0 saturated heterocycles. The van der Waals surface area contributed by atoms with Gasteiger partial charge in [-0.25, -0.2) is 5.01 Å². The van der Waals surface area contributed by atoms with Gasteiger partial charge in [0.2, 0.25) is 0 Å². The maximum atomic E-state index is 13.0. The summed E-state index contributed by atoms with van der Waals surface area (Å²) in [5.74, 6) is -0.208. The Labute approximate surface area is 160 Å². The molecular formula is C19H18N4O5. The van der Waals surface area contributed by atoms with Gasteiger partial charge in [0.1, 0.15) is 0 Å². The van der Waals surface area contributed by atoms with Gasteiger partial charge in [0, 0.05) is 11.6 Å². The van der Waals surface area contributed by atoms with Gasteiger partial charge in [-0.15, -0.1) is 0 Å². The molecule has 2 aromatic carbocycles. The summed E-state index contributed by atoms with van der Waals surface area (Å²) in [6, 6.07) is 12.6.